The van der Waals surface area contributed by atoms with Crippen LogP contribution in [0.2, 0.25) is 0 Å². The summed E-state index contributed by atoms with van der Waals surface area (Å²) in [6.45, 7) is 5.60. The molecule has 0 spiro atoms. The number of carbonyl (C=O) groups is 1. The monoisotopic (exact) mass is 170 g/mol. The number of nitrogens with zero attached hydrogens (tertiary/aromatic N) is 1. The largest absolute Gasteiger partial charge is 0.335 e. The molecule has 69 valence electrons. The third-order valence-corrected chi connectivity index (χ3v) is 1.73. The van der Waals surface area contributed by atoms with Crippen molar-refractivity contribution in [2.24, 2.45) is 5.92 Å². The van der Waals surface area contributed by atoms with E-state index in [-0.39, 0.29) is 5.91 Å². The Morgan fingerprint density at radius 2 is 1.92 bits per heavy atom. The van der Waals surface area contributed by atoms with E-state index >= 15 is 0 Å². The quantitative estimate of drug-likeness (QED) is 0.631. The lowest BCUT2D eigenvalue weighted by atomic mass is 10.1. The lowest BCUT2D eigenvalue weighted by molar-refractivity contribution is -0.131. The molecule has 0 aliphatic rings. The van der Waals surface area contributed by atoms with E-state index in [2.05, 4.69) is 0 Å². The van der Waals surface area contributed by atoms with E-state index in [1.807, 2.05) is 13.8 Å². The minimum Gasteiger partial charge on any atom is -0.335 e. The Balaban J connectivity index is 4.00. The SMILES string of the molecule is CC(C)CC(=O)N(C)[C@@H](C)[C]=O. The van der Waals surface area contributed by atoms with Crippen LogP contribution in [0.15, 0.2) is 0 Å². The van der Waals surface area contributed by atoms with Crippen LogP contribution in [0.3, 0.4) is 0 Å². The first-order chi connectivity index (χ1) is 5.49. The summed E-state index contributed by atoms with van der Waals surface area (Å²) in [5.41, 5.74) is 0. The number of likely N-dealkylation sites (N-methyl/N-ethyl adjacent to an activating group) is 1. The summed E-state index contributed by atoms with van der Waals surface area (Å²) in [7, 11) is 1.63. The molecule has 0 unspecified atom stereocenters. The minimum absolute atomic E-state index is 0.000787. The predicted octanol–water partition coefficient (Wildman–Crippen LogP) is 0.989. The van der Waals surface area contributed by atoms with E-state index in [4.69, 9.17) is 0 Å². The predicted molar refractivity (Wildman–Crippen MR) is 47.4 cm³/mol. The Labute approximate surface area is 73.7 Å². The Hall–Kier alpha value is -0.860. The van der Waals surface area contributed by atoms with Crippen molar-refractivity contribution in [2.45, 2.75) is 33.2 Å². The van der Waals surface area contributed by atoms with Gasteiger partial charge in [-0.3, -0.25) is 9.59 Å². The molecule has 1 amide bonds. The lowest BCUT2D eigenvalue weighted by Crippen LogP contribution is -2.36. The fourth-order valence-electron chi connectivity index (χ4n) is 0.788. The Kier molecular flexibility index (Phi) is 4.55. The van der Waals surface area contributed by atoms with Gasteiger partial charge in [-0.2, -0.15) is 0 Å². The van der Waals surface area contributed by atoms with Crippen molar-refractivity contribution in [3.05, 3.63) is 0 Å². The van der Waals surface area contributed by atoms with Gasteiger partial charge in [-0.1, -0.05) is 13.8 Å². The summed E-state index contributed by atoms with van der Waals surface area (Å²) < 4.78 is 0. The zero-order valence-corrected chi connectivity index (χ0v) is 8.13. The van der Waals surface area contributed by atoms with Crippen LogP contribution < -0.4 is 0 Å². The molecule has 0 saturated heterocycles. The maximum absolute atomic E-state index is 11.3. The first-order valence-electron chi connectivity index (χ1n) is 4.12. The lowest BCUT2D eigenvalue weighted by Gasteiger charge is -2.20. The Bertz CT molecular complexity index is 166. The van der Waals surface area contributed by atoms with Gasteiger partial charge < -0.3 is 4.90 Å². The topological polar surface area (TPSA) is 37.4 Å². The highest BCUT2D eigenvalue weighted by atomic mass is 16.2. The zero-order chi connectivity index (χ0) is 9.72. The molecule has 0 aliphatic heterocycles. The fourth-order valence-corrected chi connectivity index (χ4v) is 0.788. The molecule has 0 aromatic heterocycles. The van der Waals surface area contributed by atoms with Crippen LogP contribution in [0.25, 0.3) is 0 Å². The molecule has 1 atom stereocenters. The van der Waals surface area contributed by atoms with Gasteiger partial charge in [0, 0.05) is 13.5 Å². The first kappa shape index (κ1) is 11.1. The minimum atomic E-state index is -0.434. The molecule has 0 aromatic rings. The molecular weight excluding hydrogens is 154 g/mol. The van der Waals surface area contributed by atoms with Gasteiger partial charge in [0.25, 0.3) is 0 Å². The average Bonchev–Trinajstić information content (AvgIpc) is 2.00. The number of hydrogen-bond donors (Lipinski definition) is 0. The fraction of sp³-hybridized carbons (Fsp3) is 0.778. The molecule has 3 heteroatoms. The molecule has 12 heavy (non-hydrogen) atoms. The van der Waals surface area contributed by atoms with Gasteiger partial charge in [-0.05, 0) is 12.8 Å². The molecule has 1 radical (unpaired) electrons. The molecule has 3 nitrogen and oxygen atoms in total. The normalized spacial score (nSPS) is 12.8. The summed E-state index contributed by atoms with van der Waals surface area (Å²) in [4.78, 5) is 22.9. The smallest absolute Gasteiger partial charge is 0.223 e. The van der Waals surface area contributed by atoms with Crippen molar-refractivity contribution in [3.63, 3.8) is 0 Å². The maximum Gasteiger partial charge on any atom is 0.223 e. The number of carbonyl (C=O) groups excluding carboxylic acids is 2. The van der Waals surface area contributed by atoms with E-state index in [1.165, 1.54) is 4.90 Å². The number of amides is 1. The van der Waals surface area contributed by atoms with Crippen LogP contribution in [-0.4, -0.2) is 30.2 Å². The molecule has 0 heterocycles. The van der Waals surface area contributed by atoms with Gasteiger partial charge in [0.2, 0.25) is 12.2 Å². The van der Waals surface area contributed by atoms with E-state index < -0.39 is 6.04 Å². The van der Waals surface area contributed by atoms with Crippen molar-refractivity contribution in [1.82, 2.24) is 4.90 Å². The van der Waals surface area contributed by atoms with Crippen molar-refractivity contribution >= 4 is 12.2 Å². The summed E-state index contributed by atoms with van der Waals surface area (Å²) in [6, 6.07) is -0.434. The summed E-state index contributed by atoms with van der Waals surface area (Å²) in [6.07, 6.45) is 2.26. The second-order valence-electron chi connectivity index (χ2n) is 3.40. The van der Waals surface area contributed by atoms with Gasteiger partial charge in [-0.15, -0.1) is 0 Å². The van der Waals surface area contributed by atoms with Crippen LogP contribution >= 0.6 is 0 Å². The van der Waals surface area contributed by atoms with Crippen LogP contribution in [0.1, 0.15) is 27.2 Å². The molecule has 0 bridgehead atoms. The summed E-state index contributed by atoms with van der Waals surface area (Å²) in [5, 5.41) is 0. The standard InChI is InChI=1S/C9H16NO2/c1-7(2)5-9(12)10(4)8(3)6-11/h7-8H,5H2,1-4H3/t8-/m0/s1. The number of hydrogen-bond acceptors (Lipinski definition) is 2. The van der Waals surface area contributed by atoms with E-state index in [0.29, 0.717) is 12.3 Å². The molecule has 0 N–H and O–H groups in total. The van der Waals surface area contributed by atoms with Crippen LogP contribution in [0.5, 0.6) is 0 Å². The molecular formula is C9H16NO2. The zero-order valence-electron chi connectivity index (χ0n) is 8.13. The summed E-state index contributed by atoms with van der Waals surface area (Å²) >= 11 is 0. The highest BCUT2D eigenvalue weighted by molar-refractivity contribution is 5.79. The van der Waals surface area contributed by atoms with Gasteiger partial charge in [0.15, 0.2) is 0 Å². The van der Waals surface area contributed by atoms with Crippen LogP contribution in [0, 0.1) is 5.92 Å². The van der Waals surface area contributed by atoms with Gasteiger partial charge in [-0.25, -0.2) is 0 Å². The molecule has 0 aliphatic carbocycles. The van der Waals surface area contributed by atoms with Crippen LogP contribution in [-0.2, 0) is 9.59 Å². The highest BCUT2D eigenvalue weighted by Gasteiger charge is 2.15. The van der Waals surface area contributed by atoms with E-state index in [9.17, 15) is 9.59 Å². The third-order valence-electron chi connectivity index (χ3n) is 1.73. The van der Waals surface area contributed by atoms with E-state index in [0.717, 1.165) is 0 Å². The third kappa shape index (κ3) is 3.51. The average molecular weight is 170 g/mol. The van der Waals surface area contributed by atoms with Crippen molar-refractivity contribution in [3.8, 4) is 0 Å². The molecule has 0 rings (SSSR count). The van der Waals surface area contributed by atoms with Gasteiger partial charge in [0.1, 0.15) is 0 Å². The van der Waals surface area contributed by atoms with Crippen LogP contribution in [0.4, 0.5) is 0 Å². The van der Waals surface area contributed by atoms with E-state index in [1.54, 1.807) is 20.3 Å². The van der Waals surface area contributed by atoms with Crippen molar-refractivity contribution < 1.29 is 9.59 Å². The molecule has 0 fully saturated rings. The van der Waals surface area contributed by atoms with Gasteiger partial charge >= 0.3 is 0 Å². The molecule has 0 saturated carbocycles. The first-order valence-corrected chi connectivity index (χ1v) is 4.12. The number of rotatable bonds is 4. The second kappa shape index (κ2) is 4.91. The van der Waals surface area contributed by atoms with Crippen molar-refractivity contribution in [1.29, 1.82) is 0 Å². The Morgan fingerprint density at radius 1 is 1.42 bits per heavy atom. The maximum atomic E-state index is 11.3. The second-order valence-corrected chi connectivity index (χ2v) is 3.40. The Morgan fingerprint density at radius 3 is 2.25 bits per heavy atom. The van der Waals surface area contributed by atoms with Crippen molar-refractivity contribution in [2.75, 3.05) is 7.05 Å². The summed E-state index contributed by atoms with van der Waals surface area (Å²) in [5.74, 6) is 0.333. The van der Waals surface area contributed by atoms with Gasteiger partial charge in [0.05, 0.1) is 6.04 Å². The molecule has 0 aromatic carbocycles. The highest BCUT2D eigenvalue weighted by Crippen LogP contribution is 2.04.